The van der Waals surface area contributed by atoms with Crippen LogP contribution in [0.25, 0.3) is 0 Å². The monoisotopic (exact) mass is 448 g/mol. The minimum Gasteiger partial charge on any atom is -0.457 e. The number of hydrogen-bond acceptors (Lipinski definition) is 5. The van der Waals surface area contributed by atoms with Crippen molar-refractivity contribution in [2.75, 3.05) is 0 Å². The fraction of sp³-hybridized carbons (Fsp3) is 0.240. The number of carbonyl (C=O) groups is 1. The summed E-state index contributed by atoms with van der Waals surface area (Å²) in [5.74, 6) is 1.45. The van der Waals surface area contributed by atoms with Gasteiger partial charge in [-0.3, -0.25) is 4.79 Å². The molecule has 1 saturated carbocycles. The van der Waals surface area contributed by atoms with Gasteiger partial charge in [0.25, 0.3) is 5.91 Å². The van der Waals surface area contributed by atoms with Crippen molar-refractivity contribution >= 4 is 17.5 Å². The molecule has 1 fully saturated rings. The third kappa shape index (κ3) is 5.86. The smallest absolute Gasteiger partial charge is 0.254 e. The molecule has 0 aliphatic heterocycles. The molecule has 6 nitrogen and oxygen atoms in total. The molecule has 1 aliphatic carbocycles. The standard InChI is InChI=1S/C25H25ClN4O2/c1-18-13-21(26)5-8-23(18)32-22-6-3-19(4-7-22)14-27-12-2-9-25(10-11-25)30-24(31)20-15-28-17-29-16-20/h2-8,12-13,15-17,27H,9-11,14H2,1H3,(H,30,31)/b12-2+. The molecule has 0 spiro atoms. The molecule has 4 rings (SSSR count). The highest BCUT2D eigenvalue weighted by atomic mass is 35.5. The summed E-state index contributed by atoms with van der Waals surface area (Å²) in [7, 11) is 0. The Balaban J connectivity index is 1.22. The van der Waals surface area contributed by atoms with Crippen LogP contribution in [0.1, 0.15) is 40.7 Å². The summed E-state index contributed by atoms with van der Waals surface area (Å²) in [4.78, 5) is 20.1. The topological polar surface area (TPSA) is 76.1 Å². The molecule has 7 heteroatoms. The van der Waals surface area contributed by atoms with Crippen molar-refractivity contribution in [3.05, 3.63) is 95.2 Å². The van der Waals surface area contributed by atoms with Crippen LogP contribution in [-0.4, -0.2) is 21.4 Å². The zero-order chi connectivity index (χ0) is 22.4. The lowest BCUT2D eigenvalue weighted by Gasteiger charge is -2.15. The second-order valence-corrected chi connectivity index (χ2v) is 8.44. The van der Waals surface area contributed by atoms with E-state index in [0.717, 1.165) is 41.9 Å². The highest BCUT2D eigenvalue weighted by Gasteiger charge is 2.42. The molecule has 1 amide bonds. The Kier molecular flexibility index (Phi) is 6.71. The van der Waals surface area contributed by atoms with E-state index in [4.69, 9.17) is 16.3 Å². The molecule has 0 unspecified atom stereocenters. The maximum absolute atomic E-state index is 12.3. The van der Waals surface area contributed by atoms with Crippen LogP contribution in [0.2, 0.25) is 5.02 Å². The van der Waals surface area contributed by atoms with Crippen LogP contribution < -0.4 is 15.4 Å². The van der Waals surface area contributed by atoms with E-state index >= 15 is 0 Å². The first kappa shape index (κ1) is 21.8. The van der Waals surface area contributed by atoms with Gasteiger partial charge in [0.15, 0.2) is 0 Å². The Hall–Kier alpha value is -3.38. The van der Waals surface area contributed by atoms with Gasteiger partial charge < -0.3 is 15.4 Å². The number of benzene rings is 2. The Bertz CT molecular complexity index is 1100. The van der Waals surface area contributed by atoms with E-state index in [1.165, 1.54) is 18.7 Å². The van der Waals surface area contributed by atoms with Gasteiger partial charge >= 0.3 is 0 Å². The number of carbonyl (C=O) groups excluding carboxylic acids is 1. The van der Waals surface area contributed by atoms with Crippen molar-refractivity contribution in [2.24, 2.45) is 0 Å². The summed E-state index contributed by atoms with van der Waals surface area (Å²) in [5, 5.41) is 7.11. The van der Waals surface area contributed by atoms with Crippen molar-refractivity contribution in [1.29, 1.82) is 0 Å². The van der Waals surface area contributed by atoms with E-state index < -0.39 is 0 Å². The highest BCUT2D eigenvalue weighted by molar-refractivity contribution is 6.30. The first-order valence-electron chi connectivity index (χ1n) is 10.5. The summed E-state index contributed by atoms with van der Waals surface area (Å²) in [6.07, 6.45) is 11.2. The maximum atomic E-state index is 12.3. The number of aromatic nitrogens is 2. The number of rotatable bonds is 9. The second-order valence-electron chi connectivity index (χ2n) is 8.00. The normalized spacial score (nSPS) is 14.2. The number of hydrogen-bond donors (Lipinski definition) is 2. The molecule has 1 heterocycles. The van der Waals surface area contributed by atoms with E-state index in [-0.39, 0.29) is 11.4 Å². The van der Waals surface area contributed by atoms with Crippen LogP contribution in [0.15, 0.2) is 73.5 Å². The number of amides is 1. The van der Waals surface area contributed by atoms with Crippen molar-refractivity contribution in [3.8, 4) is 11.5 Å². The molecule has 0 saturated heterocycles. The second kappa shape index (κ2) is 9.83. The molecule has 3 aromatic rings. The van der Waals surface area contributed by atoms with Gasteiger partial charge in [-0.05, 0) is 73.8 Å². The minimum atomic E-state index is -0.149. The van der Waals surface area contributed by atoms with E-state index in [1.807, 2.05) is 55.6 Å². The molecule has 0 bridgehead atoms. The Morgan fingerprint density at radius 2 is 1.91 bits per heavy atom. The van der Waals surface area contributed by atoms with E-state index in [2.05, 4.69) is 26.7 Å². The number of nitrogens with one attached hydrogen (secondary N) is 2. The molecule has 1 aliphatic rings. The lowest BCUT2D eigenvalue weighted by Crippen LogP contribution is -2.36. The van der Waals surface area contributed by atoms with Gasteiger partial charge in [-0.15, -0.1) is 0 Å². The lowest BCUT2D eigenvalue weighted by molar-refractivity contribution is 0.0931. The number of nitrogens with zero attached hydrogens (tertiary/aromatic N) is 2. The molecule has 32 heavy (non-hydrogen) atoms. The fourth-order valence-electron chi connectivity index (χ4n) is 3.33. The van der Waals surface area contributed by atoms with Gasteiger partial charge in [0.05, 0.1) is 5.56 Å². The summed E-state index contributed by atoms with van der Waals surface area (Å²) in [5.41, 5.74) is 2.48. The number of ether oxygens (including phenoxy) is 1. The van der Waals surface area contributed by atoms with Crippen LogP contribution in [0.3, 0.4) is 0 Å². The van der Waals surface area contributed by atoms with Gasteiger partial charge in [-0.1, -0.05) is 29.8 Å². The molecular formula is C25H25ClN4O2. The van der Waals surface area contributed by atoms with E-state index in [9.17, 15) is 4.79 Å². The summed E-state index contributed by atoms with van der Waals surface area (Å²) >= 11 is 6.00. The molecule has 0 radical (unpaired) electrons. The number of halogens is 1. The predicted molar refractivity (Wildman–Crippen MR) is 125 cm³/mol. The zero-order valence-electron chi connectivity index (χ0n) is 17.8. The van der Waals surface area contributed by atoms with Gasteiger partial charge in [0.2, 0.25) is 0 Å². The van der Waals surface area contributed by atoms with Crippen molar-refractivity contribution in [3.63, 3.8) is 0 Å². The summed E-state index contributed by atoms with van der Waals surface area (Å²) in [6, 6.07) is 13.6. The average molecular weight is 449 g/mol. The summed E-state index contributed by atoms with van der Waals surface area (Å²) in [6.45, 7) is 2.68. The molecule has 0 atom stereocenters. The molecule has 164 valence electrons. The predicted octanol–water partition coefficient (Wildman–Crippen LogP) is 5.19. The van der Waals surface area contributed by atoms with Crippen LogP contribution in [0, 0.1) is 6.92 Å². The molecular weight excluding hydrogens is 424 g/mol. The van der Waals surface area contributed by atoms with Gasteiger partial charge in [-0.25, -0.2) is 9.97 Å². The van der Waals surface area contributed by atoms with Gasteiger partial charge in [0, 0.05) is 29.5 Å². The first-order valence-corrected chi connectivity index (χ1v) is 10.9. The molecule has 1 aromatic heterocycles. The Labute approximate surface area is 192 Å². The van der Waals surface area contributed by atoms with Crippen LogP contribution in [0.5, 0.6) is 11.5 Å². The van der Waals surface area contributed by atoms with Crippen molar-refractivity contribution in [2.45, 2.75) is 38.3 Å². The third-order valence-electron chi connectivity index (χ3n) is 5.39. The van der Waals surface area contributed by atoms with E-state index in [0.29, 0.717) is 17.1 Å². The van der Waals surface area contributed by atoms with Crippen molar-refractivity contribution in [1.82, 2.24) is 20.6 Å². The van der Waals surface area contributed by atoms with Gasteiger partial charge in [-0.2, -0.15) is 0 Å². The van der Waals surface area contributed by atoms with Crippen molar-refractivity contribution < 1.29 is 9.53 Å². The molecule has 2 N–H and O–H groups in total. The first-order chi connectivity index (χ1) is 15.5. The highest BCUT2D eigenvalue weighted by Crippen LogP contribution is 2.39. The fourth-order valence-corrected chi connectivity index (χ4v) is 3.56. The SMILES string of the molecule is Cc1cc(Cl)ccc1Oc1ccc(CN/C=C/CC2(NC(=O)c3cncnc3)CC2)cc1. The zero-order valence-corrected chi connectivity index (χ0v) is 18.6. The van der Waals surface area contributed by atoms with Crippen LogP contribution in [-0.2, 0) is 6.54 Å². The summed E-state index contributed by atoms with van der Waals surface area (Å²) < 4.78 is 5.93. The number of aryl methyl sites for hydroxylation is 1. The minimum absolute atomic E-state index is 0.124. The quantitative estimate of drug-likeness (QED) is 0.471. The lowest BCUT2D eigenvalue weighted by atomic mass is 10.1. The average Bonchev–Trinajstić information content (AvgIpc) is 3.56. The van der Waals surface area contributed by atoms with Crippen LogP contribution >= 0.6 is 11.6 Å². The molecule has 2 aromatic carbocycles. The third-order valence-corrected chi connectivity index (χ3v) is 5.63. The maximum Gasteiger partial charge on any atom is 0.254 e. The Morgan fingerprint density at radius 1 is 1.16 bits per heavy atom. The largest absolute Gasteiger partial charge is 0.457 e. The van der Waals surface area contributed by atoms with E-state index in [1.54, 1.807) is 0 Å². The van der Waals surface area contributed by atoms with Crippen LogP contribution in [0.4, 0.5) is 0 Å². The van der Waals surface area contributed by atoms with Gasteiger partial charge in [0.1, 0.15) is 17.8 Å². The Morgan fingerprint density at radius 3 is 2.59 bits per heavy atom.